The van der Waals surface area contributed by atoms with E-state index in [2.05, 4.69) is 22.6 Å². The van der Waals surface area contributed by atoms with E-state index in [9.17, 15) is 10.1 Å². The van der Waals surface area contributed by atoms with Gasteiger partial charge in [0.05, 0.1) is 19.9 Å². The van der Waals surface area contributed by atoms with Gasteiger partial charge in [-0.15, -0.1) is 0 Å². The van der Waals surface area contributed by atoms with E-state index in [-0.39, 0.29) is 11.8 Å². The smallest absolute Gasteiger partial charge is 0.221 e. The van der Waals surface area contributed by atoms with Gasteiger partial charge in [-0.3, -0.25) is 4.79 Å². The number of methoxy groups -OCH3 is 2. The Bertz CT molecular complexity index is 1350. The molecule has 0 radical (unpaired) electrons. The van der Waals surface area contributed by atoms with Gasteiger partial charge in [0.1, 0.15) is 11.9 Å². The molecule has 4 N–H and O–H groups in total. The first-order valence-corrected chi connectivity index (χ1v) is 11.0. The number of rotatable bonds is 7. The molecule has 4 rings (SSSR count). The Kier molecular flexibility index (Phi) is 6.30. The third kappa shape index (κ3) is 3.89. The molecule has 0 fully saturated rings. The van der Waals surface area contributed by atoms with E-state index < -0.39 is 11.3 Å². The van der Waals surface area contributed by atoms with Crippen LogP contribution in [-0.4, -0.2) is 36.5 Å². The summed E-state index contributed by atoms with van der Waals surface area (Å²) in [5, 5.41) is 10.5. The molecule has 9 heteroatoms. The van der Waals surface area contributed by atoms with Crippen LogP contribution in [0.4, 0.5) is 17.5 Å². The molecule has 1 aromatic heterocycles. The van der Waals surface area contributed by atoms with Crippen molar-refractivity contribution in [3.05, 3.63) is 77.5 Å². The molecule has 1 aliphatic rings. The number of nitrogen functional groups attached to an aromatic ring is 2. The van der Waals surface area contributed by atoms with Crippen molar-refractivity contribution in [1.29, 1.82) is 5.26 Å². The summed E-state index contributed by atoms with van der Waals surface area (Å²) in [5.74, 6) is 0.803. The maximum absolute atomic E-state index is 13.4. The number of benzene rings is 2. The van der Waals surface area contributed by atoms with Gasteiger partial charge in [-0.25, -0.2) is 4.98 Å². The van der Waals surface area contributed by atoms with Crippen LogP contribution in [0.25, 0.3) is 0 Å². The highest BCUT2D eigenvalue weighted by atomic mass is 16.5. The summed E-state index contributed by atoms with van der Waals surface area (Å²) in [6.07, 6.45) is 3.78. The van der Waals surface area contributed by atoms with Crippen molar-refractivity contribution in [3.63, 3.8) is 0 Å². The van der Waals surface area contributed by atoms with E-state index in [1.54, 1.807) is 11.1 Å². The number of ketones is 1. The highest BCUT2D eigenvalue weighted by Crippen LogP contribution is 2.47. The van der Waals surface area contributed by atoms with Crippen LogP contribution < -0.4 is 25.8 Å². The van der Waals surface area contributed by atoms with Gasteiger partial charge in [0.2, 0.25) is 11.5 Å². The minimum absolute atomic E-state index is 0.0907. The van der Waals surface area contributed by atoms with E-state index in [0.717, 1.165) is 11.1 Å². The lowest BCUT2D eigenvalue weighted by Crippen LogP contribution is -2.55. The fraction of sp³-hybridized carbons (Fsp3) is 0.231. The molecule has 3 aromatic rings. The van der Waals surface area contributed by atoms with Crippen molar-refractivity contribution in [2.24, 2.45) is 0 Å². The summed E-state index contributed by atoms with van der Waals surface area (Å²) in [6, 6.07) is 13.5. The lowest BCUT2D eigenvalue weighted by Gasteiger charge is -2.44. The van der Waals surface area contributed by atoms with Crippen LogP contribution in [0.1, 0.15) is 22.3 Å². The Hall–Kier alpha value is -4.58. The molecule has 35 heavy (non-hydrogen) atoms. The first-order chi connectivity index (χ1) is 16.9. The van der Waals surface area contributed by atoms with Crippen LogP contribution in [0.15, 0.2) is 55.3 Å². The van der Waals surface area contributed by atoms with Crippen LogP contribution in [0.2, 0.25) is 0 Å². The number of nitriles is 1. The number of fused-ring (bicyclic) bond motifs is 1. The molecule has 0 spiro atoms. The molecule has 2 aromatic carbocycles. The average Bonchev–Trinajstić information content (AvgIpc) is 2.88. The summed E-state index contributed by atoms with van der Waals surface area (Å²) in [6.45, 7) is 4.08. The maximum atomic E-state index is 13.4. The van der Waals surface area contributed by atoms with Gasteiger partial charge in [0.25, 0.3) is 0 Å². The van der Waals surface area contributed by atoms with Crippen molar-refractivity contribution in [2.75, 3.05) is 37.1 Å². The molecule has 178 valence electrons. The summed E-state index contributed by atoms with van der Waals surface area (Å²) < 4.78 is 11.4. The van der Waals surface area contributed by atoms with Gasteiger partial charge >= 0.3 is 0 Å². The third-order valence-corrected chi connectivity index (χ3v) is 6.24. The lowest BCUT2D eigenvalue weighted by molar-refractivity contribution is -0.118. The third-order valence-electron chi connectivity index (χ3n) is 6.24. The number of anilines is 3. The molecule has 1 unspecified atom stereocenters. The highest BCUT2D eigenvalue weighted by molar-refractivity contribution is 6.04. The van der Waals surface area contributed by atoms with Crippen LogP contribution in [0.3, 0.4) is 0 Å². The highest BCUT2D eigenvalue weighted by Gasteiger charge is 2.49. The fourth-order valence-corrected chi connectivity index (χ4v) is 4.62. The molecule has 0 amide bonds. The first-order valence-electron chi connectivity index (χ1n) is 11.0. The van der Waals surface area contributed by atoms with Crippen molar-refractivity contribution >= 4 is 23.2 Å². The molecule has 0 bridgehead atoms. The number of carbonyl (C=O) groups is 1. The zero-order valence-corrected chi connectivity index (χ0v) is 19.6. The summed E-state index contributed by atoms with van der Waals surface area (Å²) in [4.78, 5) is 23.2. The Morgan fingerprint density at radius 3 is 2.71 bits per heavy atom. The van der Waals surface area contributed by atoms with E-state index in [1.807, 2.05) is 36.4 Å². The van der Waals surface area contributed by atoms with Crippen LogP contribution in [-0.2, 0) is 23.2 Å². The number of hydrogen-bond acceptors (Lipinski definition) is 9. The number of hydrogen-bond donors (Lipinski definition) is 2. The van der Waals surface area contributed by atoms with Gasteiger partial charge in [-0.2, -0.15) is 10.2 Å². The predicted molar refractivity (Wildman–Crippen MR) is 133 cm³/mol. The standard InChI is InChI=1S/C26H26N6O3/c1-4-22(33)26(15-27)19-8-6-5-7-17(19)9-10-32(26)20-12-16(13-21(34-2)23(20)35-3)11-18-14-30-25(29)31-24(18)28/h4-8,12-14H,1,9-11H2,2-3H3,(H4,28,29,30,31). The quantitative estimate of drug-likeness (QED) is 0.499. The molecule has 1 atom stereocenters. The zero-order valence-electron chi connectivity index (χ0n) is 19.6. The van der Waals surface area contributed by atoms with Crippen LogP contribution in [0.5, 0.6) is 11.5 Å². The summed E-state index contributed by atoms with van der Waals surface area (Å²) in [7, 11) is 3.05. The average molecular weight is 471 g/mol. The summed E-state index contributed by atoms with van der Waals surface area (Å²) in [5.41, 5.74) is 13.7. The number of nitrogens with two attached hydrogens (primary N) is 2. The van der Waals surface area contributed by atoms with E-state index in [1.165, 1.54) is 20.3 Å². The largest absolute Gasteiger partial charge is 0.493 e. The van der Waals surface area contributed by atoms with E-state index in [4.69, 9.17) is 20.9 Å². The molecule has 1 aliphatic heterocycles. The second-order valence-corrected chi connectivity index (χ2v) is 8.12. The number of ether oxygens (including phenoxy) is 2. The number of nitrogens with zero attached hydrogens (tertiary/aromatic N) is 4. The van der Waals surface area contributed by atoms with E-state index >= 15 is 0 Å². The monoisotopic (exact) mass is 470 g/mol. The topological polar surface area (TPSA) is 140 Å². The minimum Gasteiger partial charge on any atom is -0.493 e. The minimum atomic E-state index is -1.61. The second-order valence-electron chi connectivity index (χ2n) is 8.12. The predicted octanol–water partition coefficient (Wildman–Crippen LogP) is 2.79. The summed E-state index contributed by atoms with van der Waals surface area (Å²) >= 11 is 0. The normalized spacial score (nSPS) is 16.7. The van der Waals surface area contributed by atoms with Crippen LogP contribution in [0, 0.1) is 11.3 Å². The molecular weight excluding hydrogens is 444 g/mol. The maximum Gasteiger partial charge on any atom is 0.221 e. The Labute approximate surface area is 203 Å². The zero-order chi connectivity index (χ0) is 25.2. The Morgan fingerprint density at radius 2 is 2.06 bits per heavy atom. The lowest BCUT2D eigenvalue weighted by atomic mass is 9.78. The van der Waals surface area contributed by atoms with E-state index in [0.29, 0.717) is 47.7 Å². The van der Waals surface area contributed by atoms with Gasteiger partial charge in [0, 0.05) is 30.3 Å². The SMILES string of the molecule is C=CC(=O)C1(C#N)c2ccccc2CCN1c1cc(Cc2cnc(N)nc2N)cc(OC)c1OC. The molecule has 0 aliphatic carbocycles. The molecule has 2 heterocycles. The molecule has 0 saturated heterocycles. The molecule has 9 nitrogen and oxygen atoms in total. The number of aromatic nitrogens is 2. The Balaban J connectivity index is 1.93. The number of carbonyl (C=O) groups excluding carboxylic acids is 1. The molecule has 0 saturated carbocycles. The first kappa shape index (κ1) is 23.6. The molecular formula is C26H26N6O3. The second kappa shape index (κ2) is 9.35. The van der Waals surface area contributed by atoms with Crippen molar-refractivity contribution < 1.29 is 14.3 Å². The van der Waals surface area contributed by atoms with Crippen LogP contribution >= 0.6 is 0 Å². The van der Waals surface area contributed by atoms with Gasteiger partial charge < -0.3 is 25.8 Å². The van der Waals surface area contributed by atoms with Crippen molar-refractivity contribution in [2.45, 2.75) is 18.4 Å². The van der Waals surface area contributed by atoms with Gasteiger partial charge in [-0.1, -0.05) is 30.8 Å². The fourth-order valence-electron chi connectivity index (χ4n) is 4.62. The van der Waals surface area contributed by atoms with Crippen molar-refractivity contribution in [1.82, 2.24) is 9.97 Å². The van der Waals surface area contributed by atoms with Crippen molar-refractivity contribution in [3.8, 4) is 17.6 Å². The van der Waals surface area contributed by atoms with Gasteiger partial charge in [-0.05, 0) is 35.8 Å². The van der Waals surface area contributed by atoms with Gasteiger partial charge in [0.15, 0.2) is 17.3 Å². The Morgan fingerprint density at radius 1 is 1.29 bits per heavy atom.